The van der Waals surface area contributed by atoms with Crippen molar-refractivity contribution in [2.45, 2.75) is 33.3 Å². The summed E-state index contributed by atoms with van der Waals surface area (Å²) >= 11 is 0. The van der Waals surface area contributed by atoms with E-state index in [1.807, 2.05) is 19.1 Å². The van der Waals surface area contributed by atoms with E-state index in [0.717, 1.165) is 10.9 Å². The maximum atomic E-state index is 12.1. The van der Waals surface area contributed by atoms with Crippen molar-refractivity contribution in [3.8, 4) is 0 Å². The van der Waals surface area contributed by atoms with Crippen LogP contribution in [0.1, 0.15) is 36.7 Å². The molecule has 1 aromatic carbocycles. The molecule has 0 bridgehead atoms. The minimum atomic E-state index is -0.625. The lowest BCUT2D eigenvalue weighted by atomic mass is 10.1. The van der Waals surface area contributed by atoms with E-state index in [9.17, 15) is 14.4 Å². The van der Waals surface area contributed by atoms with Crippen LogP contribution in [-0.2, 0) is 9.53 Å². The summed E-state index contributed by atoms with van der Waals surface area (Å²) in [5.41, 5.74) is 0.517. The summed E-state index contributed by atoms with van der Waals surface area (Å²) in [6, 6.07) is 7.05. The average Bonchev–Trinajstić information content (AvgIpc) is 2.42. The molecule has 6 heteroatoms. The molecule has 2 N–H and O–H groups in total. The van der Waals surface area contributed by atoms with Crippen LogP contribution in [0.2, 0.25) is 0 Å². The number of H-pyrrole nitrogens is 1. The van der Waals surface area contributed by atoms with E-state index < -0.39 is 23.0 Å². The Balaban J connectivity index is 2.16. The average molecular weight is 316 g/mol. The second-order valence-electron chi connectivity index (χ2n) is 6.37. The number of hydrogen-bond donors (Lipinski definition) is 2. The zero-order valence-electron chi connectivity index (χ0n) is 13.6. The Bertz CT molecular complexity index is 815. The molecule has 0 fully saturated rings. The van der Waals surface area contributed by atoms with Crippen LogP contribution in [0.4, 0.5) is 0 Å². The highest BCUT2D eigenvalue weighted by atomic mass is 16.6. The number of fused-ring (bicyclic) bond motifs is 1. The number of benzene rings is 1. The Hall–Kier alpha value is -2.63. The van der Waals surface area contributed by atoms with Crippen LogP contribution in [-0.4, -0.2) is 29.0 Å². The lowest BCUT2D eigenvalue weighted by Crippen LogP contribution is -2.36. The van der Waals surface area contributed by atoms with Gasteiger partial charge in [0, 0.05) is 5.52 Å². The Labute approximate surface area is 133 Å². The van der Waals surface area contributed by atoms with Crippen molar-refractivity contribution >= 4 is 22.8 Å². The number of carbonyl (C=O) groups excluding carboxylic acids is 2. The van der Waals surface area contributed by atoms with Gasteiger partial charge in [-0.25, -0.2) is 0 Å². The van der Waals surface area contributed by atoms with Crippen LogP contribution >= 0.6 is 0 Å². The second-order valence-corrected chi connectivity index (χ2v) is 6.37. The molecule has 0 unspecified atom stereocenters. The van der Waals surface area contributed by atoms with Crippen molar-refractivity contribution < 1.29 is 14.3 Å². The first-order valence-corrected chi connectivity index (χ1v) is 7.29. The Morgan fingerprint density at radius 2 is 1.91 bits per heavy atom. The van der Waals surface area contributed by atoms with Gasteiger partial charge in [0.2, 0.25) is 0 Å². The van der Waals surface area contributed by atoms with Gasteiger partial charge >= 0.3 is 5.97 Å². The predicted octanol–water partition coefficient (Wildman–Crippen LogP) is 1.91. The molecular formula is C17H20N2O4. The molecule has 1 aromatic heterocycles. The summed E-state index contributed by atoms with van der Waals surface area (Å²) in [6.45, 7) is 6.85. The summed E-state index contributed by atoms with van der Waals surface area (Å²) in [7, 11) is 0. The molecule has 1 amide bonds. The first-order chi connectivity index (χ1) is 10.7. The van der Waals surface area contributed by atoms with Crippen LogP contribution in [0.3, 0.4) is 0 Å². The predicted molar refractivity (Wildman–Crippen MR) is 87.5 cm³/mol. The first kappa shape index (κ1) is 16.7. The normalized spacial score (nSPS) is 11.3. The molecule has 122 valence electrons. The first-order valence-electron chi connectivity index (χ1n) is 7.29. The van der Waals surface area contributed by atoms with Crippen molar-refractivity contribution in [2.24, 2.45) is 0 Å². The van der Waals surface area contributed by atoms with Crippen LogP contribution in [0.25, 0.3) is 10.9 Å². The summed E-state index contributed by atoms with van der Waals surface area (Å²) in [6.07, 6.45) is 0. The third kappa shape index (κ3) is 4.42. The van der Waals surface area contributed by atoms with Crippen molar-refractivity contribution in [1.29, 1.82) is 0 Å². The van der Waals surface area contributed by atoms with Gasteiger partial charge in [-0.15, -0.1) is 0 Å². The zero-order chi connectivity index (χ0) is 17.2. The van der Waals surface area contributed by atoms with E-state index in [-0.39, 0.29) is 12.1 Å². The third-order valence-electron chi connectivity index (χ3n) is 3.06. The smallest absolute Gasteiger partial charge is 0.325 e. The van der Waals surface area contributed by atoms with E-state index in [1.54, 1.807) is 26.8 Å². The van der Waals surface area contributed by atoms with Crippen LogP contribution in [0.15, 0.2) is 29.1 Å². The minimum absolute atomic E-state index is 0.0355. The quantitative estimate of drug-likeness (QED) is 0.847. The van der Waals surface area contributed by atoms with Crippen LogP contribution in [0.5, 0.6) is 0 Å². The van der Waals surface area contributed by atoms with Crippen molar-refractivity contribution in [1.82, 2.24) is 10.3 Å². The van der Waals surface area contributed by atoms with Gasteiger partial charge in [0.15, 0.2) is 0 Å². The maximum Gasteiger partial charge on any atom is 0.325 e. The minimum Gasteiger partial charge on any atom is -0.459 e. The number of aryl methyl sites for hydroxylation is 1. The topological polar surface area (TPSA) is 88.3 Å². The molecule has 0 atom stereocenters. The molecule has 0 saturated heterocycles. The summed E-state index contributed by atoms with van der Waals surface area (Å²) in [5.74, 6) is -1.17. The van der Waals surface area contributed by atoms with Gasteiger partial charge in [-0.2, -0.15) is 0 Å². The van der Waals surface area contributed by atoms with Crippen molar-refractivity contribution in [2.75, 3.05) is 6.54 Å². The van der Waals surface area contributed by atoms with Gasteiger partial charge in [-0.3, -0.25) is 14.4 Å². The number of esters is 1. The van der Waals surface area contributed by atoms with Crippen LogP contribution < -0.4 is 10.9 Å². The lowest BCUT2D eigenvalue weighted by molar-refractivity contribution is -0.153. The molecule has 1 heterocycles. The van der Waals surface area contributed by atoms with E-state index in [2.05, 4.69) is 10.3 Å². The standard InChI is InChI=1S/C17H20N2O4/c1-10-5-6-13-11(7-10)8-12(16(22)19-13)15(21)18-9-14(20)23-17(2,3)4/h5-8H,9H2,1-4H3,(H,18,21)(H,19,22). The Morgan fingerprint density at radius 1 is 1.22 bits per heavy atom. The Morgan fingerprint density at radius 3 is 2.57 bits per heavy atom. The number of rotatable bonds is 3. The zero-order valence-corrected chi connectivity index (χ0v) is 13.6. The number of hydrogen-bond acceptors (Lipinski definition) is 4. The fraction of sp³-hybridized carbons (Fsp3) is 0.353. The number of aromatic nitrogens is 1. The number of ether oxygens (including phenoxy) is 1. The largest absolute Gasteiger partial charge is 0.459 e. The van der Waals surface area contributed by atoms with Gasteiger partial charge in [0.05, 0.1) is 0 Å². The molecule has 0 saturated carbocycles. The summed E-state index contributed by atoms with van der Waals surface area (Å²) in [5, 5.41) is 3.16. The molecule has 0 spiro atoms. The molecule has 0 radical (unpaired) electrons. The maximum absolute atomic E-state index is 12.1. The molecule has 0 aliphatic carbocycles. The highest BCUT2D eigenvalue weighted by molar-refractivity contribution is 5.98. The SMILES string of the molecule is Cc1ccc2[nH]c(=O)c(C(=O)NCC(=O)OC(C)(C)C)cc2c1. The van der Waals surface area contributed by atoms with Gasteiger partial charge in [0.1, 0.15) is 17.7 Å². The number of carbonyl (C=O) groups is 2. The fourth-order valence-corrected chi connectivity index (χ4v) is 2.12. The number of nitrogens with one attached hydrogen (secondary N) is 2. The highest BCUT2D eigenvalue weighted by Crippen LogP contribution is 2.13. The third-order valence-corrected chi connectivity index (χ3v) is 3.06. The van der Waals surface area contributed by atoms with Gasteiger partial charge in [0.25, 0.3) is 11.5 Å². The molecule has 2 aromatic rings. The fourth-order valence-electron chi connectivity index (χ4n) is 2.12. The molecule has 23 heavy (non-hydrogen) atoms. The number of pyridine rings is 1. The van der Waals surface area contributed by atoms with Gasteiger partial charge < -0.3 is 15.0 Å². The molecular weight excluding hydrogens is 296 g/mol. The second kappa shape index (κ2) is 6.24. The van der Waals surface area contributed by atoms with E-state index in [4.69, 9.17) is 4.74 Å². The lowest BCUT2D eigenvalue weighted by Gasteiger charge is -2.19. The van der Waals surface area contributed by atoms with Gasteiger partial charge in [-0.1, -0.05) is 11.6 Å². The van der Waals surface area contributed by atoms with Crippen molar-refractivity contribution in [3.05, 3.63) is 45.7 Å². The van der Waals surface area contributed by atoms with E-state index >= 15 is 0 Å². The van der Waals surface area contributed by atoms with Gasteiger partial charge in [-0.05, 0) is 51.3 Å². The van der Waals surface area contributed by atoms with E-state index in [1.165, 1.54) is 6.07 Å². The molecule has 6 nitrogen and oxygen atoms in total. The van der Waals surface area contributed by atoms with Crippen LogP contribution in [0, 0.1) is 6.92 Å². The number of amides is 1. The molecule has 0 aliphatic heterocycles. The monoisotopic (exact) mass is 316 g/mol. The molecule has 0 aliphatic rings. The van der Waals surface area contributed by atoms with Crippen molar-refractivity contribution in [3.63, 3.8) is 0 Å². The Kier molecular flexibility index (Phi) is 4.54. The molecule has 2 rings (SSSR count). The van der Waals surface area contributed by atoms with E-state index in [0.29, 0.717) is 5.52 Å². The number of aromatic amines is 1. The summed E-state index contributed by atoms with van der Waals surface area (Å²) < 4.78 is 5.10. The highest BCUT2D eigenvalue weighted by Gasteiger charge is 2.18. The summed E-state index contributed by atoms with van der Waals surface area (Å²) in [4.78, 5) is 38.4.